The van der Waals surface area contributed by atoms with Crippen LogP contribution in [0, 0.1) is 0 Å². The van der Waals surface area contributed by atoms with Crippen molar-refractivity contribution in [2.24, 2.45) is 0 Å². The van der Waals surface area contributed by atoms with Gasteiger partial charge < -0.3 is 9.47 Å². The van der Waals surface area contributed by atoms with Crippen molar-refractivity contribution in [2.45, 2.75) is 38.5 Å². The highest BCUT2D eigenvalue weighted by atomic mass is 32.1. The van der Waals surface area contributed by atoms with Gasteiger partial charge in [-0.25, -0.2) is 0 Å². The molecule has 8 aromatic carbocycles. The van der Waals surface area contributed by atoms with Crippen LogP contribution in [0.15, 0.2) is 170 Å². The average molecular weight is 749 g/mol. The van der Waals surface area contributed by atoms with E-state index < -0.39 is 0 Å². The van der Waals surface area contributed by atoms with Crippen molar-refractivity contribution >= 4 is 70.4 Å². The summed E-state index contributed by atoms with van der Waals surface area (Å²) in [6, 6.07) is 63.8. The normalized spacial score (nSPS) is 14.9. The SMILES string of the molecule is CC1(C)c2ccccc2-c2ccc(-n3c4ccccc4c4cc(-c5ccc6c(c5)C(C)(C)c5ccccc5N6c5ccc6sc7ccccc7c6c5)ccc43)cc21. The fraction of sp³-hybridized carbons (Fsp3) is 0.111. The molecule has 0 atom stereocenters. The number of fused-ring (bicyclic) bond motifs is 11. The molecule has 0 spiro atoms. The van der Waals surface area contributed by atoms with Gasteiger partial charge in [0.05, 0.1) is 22.4 Å². The highest BCUT2D eigenvalue weighted by Gasteiger charge is 2.38. The number of aromatic nitrogens is 1. The van der Waals surface area contributed by atoms with Crippen LogP contribution in [0.25, 0.3) is 69.9 Å². The number of benzene rings is 8. The maximum absolute atomic E-state index is 2.48. The summed E-state index contributed by atoms with van der Waals surface area (Å²) in [5.41, 5.74) is 17.7. The van der Waals surface area contributed by atoms with Crippen molar-refractivity contribution in [3.63, 3.8) is 0 Å². The first kappa shape index (κ1) is 32.8. The van der Waals surface area contributed by atoms with Crippen molar-refractivity contribution in [2.75, 3.05) is 4.90 Å². The summed E-state index contributed by atoms with van der Waals surface area (Å²) in [6.07, 6.45) is 0. The molecule has 0 saturated heterocycles. The molecule has 3 heterocycles. The van der Waals surface area contributed by atoms with Crippen molar-refractivity contribution in [1.82, 2.24) is 4.57 Å². The molecule has 272 valence electrons. The molecule has 1 aliphatic carbocycles. The number of hydrogen-bond acceptors (Lipinski definition) is 2. The van der Waals surface area contributed by atoms with E-state index in [-0.39, 0.29) is 10.8 Å². The zero-order chi connectivity index (χ0) is 38.2. The molecule has 0 amide bonds. The lowest BCUT2D eigenvalue weighted by molar-refractivity contribution is 0.632. The summed E-state index contributed by atoms with van der Waals surface area (Å²) in [7, 11) is 0. The molecule has 12 rings (SSSR count). The second kappa shape index (κ2) is 11.6. The van der Waals surface area contributed by atoms with Crippen molar-refractivity contribution in [1.29, 1.82) is 0 Å². The molecule has 2 aliphatic rings. The van der Waals surface area contributed by atoms with E-state index in [1.807, 2.05) is 11.3 Å². The molecule has 57 heavy (non-hydrogen) atoms. The van der Waals surface area contributed by atoms with Gasteiger partial charge in [0.25, 0.3) is 0 Å². The Morgan fingerprint density at radius 3 is 1.91 bits per heavy atom. The molecular formula is C54H40N2S. The van der Waals surface area contributed by atoms with E-state index in [0.29, 0.717) is 0 Å². The van der Waals surface area contributed by atoms with Crippen LogP contribution in [-0.2, 0) is 10.8 Å². The van der Waals surface area contributed by atoms with Gasteiger partial charge in [0.2, 0.25) is 0 Å². The predicted molar refractivity (Wildman–Crippen MR) is 243 cm³/mol. The van der Waals surface area contributed by atoms with Gasteiger partial charge in [-0.2, -0.15) is 0 Å². The number of para-hydroxylation sites is 2. The Kier molecular flexibility index (Phi) is 6.65. The Hall–Kier alpha value is -6.42. The summed E-state index contributed by atoms with van der Waals surface area (Å²) < 4.78 is 5.12. The van der Waals surface area contributed by atoms with Gasteiger partial charge in [-0.05, 0) is 117 Å². The summed E-state index contributed by atoms with van der Waals surface area (Å²) in [4.78, 5) is 2.48. The van der Waals surface area contributed by atoms with E-state index >= 15 is 0 Å². The monoisotopic (exact) mass is 748 g/mol. The summed E-state index contributed by atoms with van der Waals surface area (Å²) >= 11 is 1.87. The smallest absolute Gasteiger partial charge is 0.0541 e. The molecule has 1 aliphatic heterocycles. The van der Waals surface area contributed by atoms with Crippen LogP contribution >= 0.6 is 11.3 Å². The minimum Gasteiger partial charge on any atom is -0.310 e. The van der Waals surface area contributed by atoms with E-state index in [1.165, 1.54) is 109 Å². The predicted octanol–water partition coefficient (Wildman–Crippen LogP) is 15.2. The molecule has 3 heteroatoms. The van der Waals surface area contributed by atoms with Crippen LogP contribution in [-0.4, -0.2) is 4.57 Å². The van der Waals surface area contributed by atoms with E-state index in [2.05, 4.69) is 207 Å². The largest absolute Gasteiger partial charge is 0.310 e. The molecule has 0 radical (unpaired) electrons. The third-order valence-electron chi connectivity index (χ3n) is 13.2. The van der Waals surface area contributed by atoms with Crippen molar-refractivity contribution in [3.05, 3.63) is 192 Å². The maximum atomic E-state index is 2.48. The van der Waals surface area contributed by atoms with Crippen LogP contribution in [0.2, 0.25) is 0 Å². The Labute approximate surface area is 336 Å². The highest BCUT2D eigenvalue weighted by Crippen LogP contribution is 2.54. The summed E-state index contributed by atoms with van der Waals surface area (Å²) in [5.74, 6) is 0. The molecule has 2 aromatic heterocycles. The van der Waals surface area contributed by atoms with Gasteiger partial charge in [-0.15, -0.1) is 11.3 Å². The molecule has 0 fully saturated rings. The average Bonchev–Trinajstić information content (AvgIpc) is 3.86. The van der Waals surface area contributed by atoms with Gasteiger partial charge in [0.1, 0.15) is 0 Å². The first-order chi connectivity index (χ1) is 27.8. The molecule has 2 nitrogen and oxygen atoms in total. The van der Waals surface area contributed by atoms with Gasteiger partial charge in [-0.1, -0.05) is 125 Å². The first-order valence-corrected chi connectivity index (χ1v) is 20.8. The zero-order valence-corrected chi connectivity index (χ0v) is 33.3. The molecular weight excluding hydrogens is 709 g/mol. The van der Waals surface area contributed by atoms with Crippen LogP contribution in [0.1, 0.15) is 49.9 Å². The fourth-order valence-corrected chi connectivity index (χ4v) is 11.4. The Bertz CT molecular complexity index is 3320. The van der Waals surface area contributed by atoms with Gasteiger partial charge in [0, 0.05) is 53.1 Å². The van der Waals surface area contributed by atoms with Crippen molar-refractivity contribution in [3.8, 4) is 27.9 Å². The minimum atomic E-state index is -0.196. The van der Waals surface area contributed by atoms with E-state index in [0.717, 1.165) is 0 Å². The molecule has 0 N–H and O–H groups in total. The summed E-state index contributed by atoms with van der Waals surface area (Å²) in [6.45, 7) is 9.49. The minimum absolute atomic E-state index is 0.0603. The third kappa shape index (κ3) is 4.52. The lowest BCUT2D eigenvalue weighted by Gasteiger charge is -2.42. The van der Waals surface area contributed by atoms with Gasteiger partial charge in [-0.3, -0.25) is 0 Å². The number of rotatable bonds is 3. The zero-order valence-electron chi connectivity index (χ0n) is 32.5. The third-order valence-corrected chi connectivity index (χ3v) is 14.3. The standard InChI is InChI=1S/C54H40N2S/c1-53(2)43-16-8-5-13-37(43)38-25-23-36(32-45(38)53)55-47-18-10-6-14-39(47)41-29-33(21-26-48(41)55)34-22-27-50-46(30-34)54(3,4)44-17-9-11-19-49(44)56(50)35-24-28-52-42(31-35)40-15-7-12-20-51(40)57-52/h5-32H,1-4H3. The number of nitrogens with zero attached hydrogens (tertiary/aromatic N) is 2. The van der Waals surface area contributed by atoms with Gasteiger partial charge >= 0.3 is 0 Å². The lowest BCUT2D eigenvalue weighted by Crippen LogP contribution is -2.30. The molecule has 10 aromatic rings. The number of hydrogen-bond donors (Lipinski definition) is 0. The summed E-state index contributed by atoms with van der Waals surface area (Å²) in [5, 5.41) is 5.18. The second-order valence-corrected chi connectivity index (χ2v) is 18.1. The molecule has 0 unspecified atom stereocenters. The molecule has 0 bridgehead atoms. The van der Waals surface area contributed by atoms with E-state index in [4.69, 9.17) is 0 Å². The maximum Gasteiger partial charge on any atom is 0.0541 e. The van der Waals surface area contributed by atoms with Gasteiger partial charge in [0.15, 0.2) is 0 Å². The second-order valence-electron chi connectivity index (χ2n) is 17.0. The Balaban J connectivity index is 1.01. The van der Waals surface area contributed by atoms with Crippen molar-refractivity contribution < 1.29 is 0 Å². The fourth-order valence-electron chi connectivity index (χ4n) is 10.3. The number of anilines is 3. The Morgan fingerprint density at radius 2 is 1.02 bits per heavy atom. The number of thiophene rings is 1. The quantitative estimate of drug-likeness (QED) is 0.175. The van der Waals surface area contributed by atoms with Crippen LogP contribution < -0.4 is 4.90 Å². The first-order valence-electron chi connectivity index (χ1n) is 20.0. The van der Waals surface area contributed by atoms with Crippen LogP contribution in [0.5, 0.6) is 0 Å². The van der Waals surface area contributed by atoms with Crippen LogP contribution in [0.4, 0.5) is 17.1 Å². The lowest BCUT2D eigenvalue weighted by atomic mass is 9.73. The topological polar surface area (TPSA) is 8.17 Å². The Morgan fingerprint density at radius 1 is 0.386 bits per heavy atom. The van der Waals surface area contributed by atoms with Crippen LogP contribution in [0.3, 0.4) is 0 Å². The highest BCUT2D eigenvalue weighted by molar-refractivity contribution is 7.25. The molecule has 0 saturated carbocycles. The van der Waals surface area contributed by atoms with E-state index in [1.54, 1.807) is 0 Å². The van der Waals surface area contributed by atoms with E-state index in [9.17, 15) is 0 Å².